The maximum absolute atomic E-state index is 12.3. The van der Waals surface area contributed by atoms with Gasteiger partial charge < -0.3 is 20.1 Å². The van der Waals surface area contributed by atoms with Crippen LogP contribution in [0.4, 0.5) is 10.5 Å². The van der Waals surface area contributed by atoms with Gasteiger partial charge in [-0.1, -0.05) is 30.3 Å². The molecule has 3 rings (SSSR count). The Balaban J connectivity index is 1.53. The molecule has 24 heavy (non-hydrogen) atoms. The zero-order chi connectivity index (χ0) is 16.8. The van der Waals surface area contributed by atoms with E-state index in [0.717, 1.165) is 29.8 Å². The van der Waals surface area contributed by atoms with Crippen molar-refractivity contribution in [2.45, 2.75) is 25.5 Å². The van der Waals surface area contributed by atoms with Crippen LogP contribution in [0.25, 0.3) is 0 Å². The molecule has 0 spiro atoms. The maximum atomic E-state index is 12.3. The smallest absolute Gasteiger partial charge is 0.322 e. The molecule has 0 unspecified atom stereocenters. The normalized spacial score (nSPS) is 16.9. The lowest BCUT2D eigenvalue weighted by Gasteiger charge is -2.23. The maximum Gasteiger partial charge on any atom is 0.322 e. The first-order chi connectivity index (χ1) is 11.8. The van der Waals surface area contributed by atoms with E-state index in [1.807, 2.05) is 54.6 Å². The lowest BCUT2D eigenvalue weighted by Crippen LogP contribution is -2.40. The standard InChI is InChI=1S/C19H22N2O3/c22-13-17-7-4-12-21(17)19(23)20-16-8-10-18(11-9-16)24-14-15-5-2-1-3-6-15/h1-3,5-6,8-11,17,22H,4,7,12-14H2,(H,20,23)/t17-/m1/s1. The molecular formula is C19H22N2O3. The number of carbonyl (C=O) groups is 1. The van der Waals surface area contributed by atoms with E-state index >= 15 is 0 Å². The summed E-state index contributed by atoms with van der Waals surface area (Å²) >= 11 is 0. The summed E-state index contributed by atoms with van der Waals surface area (Å²) in [7, 11) is 0. The second kappa shape index (κ2) is 7.84. The van der Waals surface area contributed by atoms with E-state index in [1.165, 1.54) is 0 Å². The number of aliphatic hydroxyl groups is 1. The van der Waals surface area contributed by atoms with Crippen LogP contribution in [0, 0.1) is 0 Å². The molecule has 1 aliphatic heterocycles. The van der Waals surface area contributed by atoms with E-state index in [2.05, 4.69) is 5.32 Å². The van der Waals surface area contributed by atoms with Crippen LogP contribution in [-0.4, -0.2) is 35.2 Å². The summed E-state index contributed by atoms with van der Waals surface area (Å²) in [5.74, 6) is 0.756. The molecule has 5 nitrogen and oxygen atoms in total. The van der Waals surface area contributed by atoms with Crippen molar-refractivity contribution in [2.24, 2.45) is 0 Å². The largest absolute Gasteiger partial charge is 0.489 e. The number of rotatable bonds is 5. The quantitative estimate of drug-likeness (QED) is 0.886. The first kappa shape index (κ1) is 16.3. The number of nitrogens with zero attached hydrogens (tertiary/aromatic N) is 1. The van der Waals surface area contributed by atoms with Gasteiger partial charge in [0.15, 0.2) is 0 Å². The predicted molar refractivity (Wildman–Crippen MR) is 93.0 cm³/mol. The van der Waals surface area contributed by atoms with Gasteiger partial charge in [0.1, 0.15) is 12.4 Å². The minimum atomic E-state index is -0.162. The number of aliphatic hydroxyl groups excluding tert-OH is 1. The summed E-state index contributed by atoms with van der Waals surface area (Å²) < 4.78 is 5.73. The summed E-state index contributed by atoms with van der Waals surface area (Å²) in [5, 5.41) is 12.2. The Kier molecular flexibility index (Phi) is 5.33. The number of likely N-dealkylation sites (tertiary alicyclic amines) is 1. The molecule has 2 aromatic carbocycles. The predicted octanol–water partition coefficient (Wildman–Crippen LogP) is 3.25. The highest BCUT2D eigenvalue weighted by molar-refractivity contribution is 5.89. The molecular weight excluding hydrogens is 304 g/mol. The van der Waals surface area contributed by atoms with Crippen molar-refractivity contribution in [1.82, 2.24) is 4.90 Å². The van der Waals surface area contributed by atoms with E-state index in [0.29, 0.717) is 13.2 Å². The van der Waals surface area contributed by atoms with E-state index in [9.17, 15) is 9.90 Å². The summed E-state index contributed by atoms with van der Waals surface area (Å²) in [4.78, 5) is 13.9. The third-order valence-corrected chi connectivity index (χ3v) is 4.20. The van der Waals surface area contributed by atoms with Crippen LogP contribution in [-0.2, 0) is 6.61 Å². The number of hydrogen-bond donors (Lipinski definition) is 2. The third-order valence-electron chi connectivity index (χ3n) is 4.20. The minimum absolute atomic E-state index is 0.0136. The van der Waals surface area contributed by atoms with Gasteiger partial charge in [-0.05, 0) is 42.7 Å². The van der Waals surface area contributed by atoms with E-state index in [4.69, 9.17) is 4.74 Å². The Morgan fingerprint density at radius 1 is 1.17 bits per heavy atom. The Morgan fingerprint density at radius 3 is 2.62 bits per heavy atom. The van der Waals surface area contributed by atoms with E-state index < -0.39 is 0 Å². The summed E-state index contributed by atoms with van der Waals surface area (Å²) in [6.07, 6.45) is 1.79. The number of benzene rings is 2. The molecule has 1 heterocycles. The van der Waals surface area contributed by atoms with Crippen molar-refractivity contribution in [3.8, 4) is 5.75 Å². The third kappa shape index (κ3) is 4.06. The molecule has 1 aliphatic rings. The van der Waals surface area contributed by atoms with Gasteiger partial charge in [0, 0.05) is 12.2 Å². The van der Waals surface area contributed by atoms with Crippen molar-refractivity contribution in [3.63, 3.8) is 0 Å². The molecule has 5 heteroatoms. The second-order valence-corrected chi connectivity index (χ2v) is 5.90. The van der Waals surface area contributed by atoms with Gasteiger partial charge in [0.25, 0.3) is 0 Å². The number of carbonyl (C=O) groups excluding carboxylic acids is 1. The van der Waals surface area contributed by atoms with Gasteiger partial charge in [0.2, 0.25) is 0 Å². The van der Waals surface area contributed by atoms with Gasteiger partial charge in [-0.25, -0.2) is 4.79 Å². The highest BCUT2D eigenvalue weighted by Gasteiger charge is 2.27. The molecule has 126 valence electrons. The number of nitrogens with one attached hydrogen (secondary N) is 1. The lowest BCUT2D eigenvalue weighted by atomic mass is 10.2. The van der Waals surface area contributed by atoms with Gasteiger partial charge >= 0.3 is 6.03 Å². The minimum Gasteiger partial charge on any atom is -0.489 e. The second-order valence-electron chi connectivity index (χ2n) is 5.90. The Morgan fingerprint density at radius 2 is 1.92 bits per heavy atom. The van der Waals surface area contributed by atoms with Crippen LogP contribution in [0.1, 0.15) is 18.4 Å². The van der Waals surface area contributed by atoms with E-state index in [1.54, 1.807) is 4.90 Å². The molecule has 2 amide bonds. The fraction of sp³-hybridized carbons (Fsp3) is 0.316. The first-order valence-corrected chi connectivity index (χ1v) is 8.21. The Labute approximate surface area is 141 Å². The van der Waals surface area contributed by atoms with Gasteiger partial charge in [0.05, 0.1) is 12.6 Å². The Hall–Kier alpha value is -2.53. The average molecular weight is 326 g/mol. The number of ether oxygens (including phenoxy) is 1. The van der Waals surface area contributed by atoms with Gasteiger partial charge in [-0.3, -0.25) is 0 Å². The zero-order valence-corrected chi connectivity index (χ0v) is 13.5. The van der Waals surface area contributed by atoms with Crippen LogP contribution in [0.2, 0.25) is 0 Å². The number of amides is 2. The summed E-state index contributed by atoms with van der Waals surface area (Å²) in [6, 6.07) is 17.1. The van der Waals surface area contributed by atoms with Crippen molar-refractivity contribution >= 4 is 11.7 Å². The highest BCUT2D eigenvalue weighted by Crippen LogP contribution is 2.20. The SMILES string of the molecule is O=C(Nc1ccc(OCc2ccccc2)cc1)N1CCC[C@@H]1CO. The Bertz CT molecular complexity index is 658. The van der Waals surface area contributed by atoms with Gasteiger partial charge in [-0.2, -0.15) is 0 Å². The number of hydrogen-bond acceptors (Lipinski definition) is 3. The zero-order valence-electron chi connectivity index (χ0n) is 13.5. The van der Waals surface area contributed by atoms with Crippen LogP contribution < -0.4 is 10.1 Å². The molecule has 1 atom stereocenters. The van der Waals surface area contributed by atoms with Crippen molar-refractivity contribution in [3.05, 3.63) is 60.2 Å². The van der Waals surface area contributed by atoms with E-state index in [-0.39, 0.29) is 18.7 Å². The average Bonchev–Trinajstić information content (AvgIpc) is 3.11. The highest BCUT2D eigenvalue weighted by atomic mass is 16.5. The molecule has 0 saturated carbocycles. The molecule has 2 N–H and O–H groups in total. The molecule has 1 fully saturated rings. The lowest BCUT2D eigenvalue weighted by molar-refractivity contribution is 0.166. The fourth-order valence-electron chi connectivity index (χ4n) is 2.86. The molecule has 2 aromatic rings. The van der Waals surface area contributed by atoms with Crippen molar-refractivity contribution in [2.75, 3.05) is 18.5 Å². The number of urea groups is 1. The molecule has 0 aromatic heterocycles. The van der Waals surface area contributed by atoms with Crippen molar-refractivity contribution in [1.29, 1.82) is 0 Å². The fourth-order valence-corrected chi connectivity index (χ4v) is 2.86. The monoisotopic (exact) mass is 326 g/mol. The molecule has 0 aliphatic carbocycles. The molecule has 0 radical (unpaired) electrons. The molecule has 0 bridgehead atoms. The van der Waals surface area contributed by atoms with Crippen LogP contribution in [0.3, 0.4) is 0 Å². The van der Waals surface area contributed by atoms with Crippen molar-refractivity contribution < 1.29 is 14.6 Å². The molecule has 1 saturated heterocycles. The topological polar surface area (TPSA) is 61.8 Å². The summed E-state index contributed by atoms with van der Waals surface area (Å²) in [5.41, 5.74) is 1.83. The first-order valence-electron chi connectivity index (χ1n) is 8.21. The van der Waals surface area contributed by atoms with Crippen LogP contribution in [0.5, 0.6) is 5.75 Å². The van der Waals surface area contributed by atoms with Crippen LogP contribution >= 0.6 is 0 Å². The van der Waals surface area contributed by atoms with Gasteiger partial charge in [-0.15, -0.1) is 0 Å². The number of anilines is 1. The van der Waals surface area contributed by atoms with Crippen LogP contribution in [0.15, 0.2) is 54.6 Å². The summed E-state index contributed by atoms with van der Waals surface area (Å²) in [6.45, 7) is 1.22.